The zero-order valence-corrected chi connectivity index (χ0v) is 15.3. The first-order valence-corrected chi connectivity index (χ1v) is 8.70. The SMILES string of the molecule is Cc1cccc(CN2CCN(C(=O)c3n[nH]c([N+](=O)[O-])c3Br)CC2)c1. The van der Waals surface area contributed by atoms with Crippen molar-refractivity contribution in [1.82, 2.24) is 20.0 Å². The smallest absolute Gasteiger partial charge is 0.357 e. The van der Waals surface area contributed by atoms with Gasteiger partial charge in [-0.05, 0) is 33.3 Å². The highest BCUT2D eigenvalue weighted by atomic mass is 79.9. The highest BCUT2D eigenvalue weighted by Gasteiger charge is 2.30. The van der Waals surface area contributed by atoms with Crippen molar-refractivity contribution in [3.63, 3.8) is 0 Å². The lowest BCUT2D eigenvalue weighted by Crippen LogP contribution is -2.48. The molecule has 0 atom stereocenters. The molecule has 0 unspecified atom stereocenters. The van der Waals surface area contributed by atoms with Gasteiger partial charge in [-0.3, -0.25) is 9.69 Å². The van der Waals surface area contributed by atoms with Crippen LogP contribution in [-0.2, 0) is 6.54 Å². The largest absolute Gasteiger partial charge is 0.358 e. The number of hydrogen-bond donors (Lipinski definition) is 1. The van der Waals surface area contributed by atoms with Crippen LogP contribution in [0.3, 0.4) is 0 Å². The zero-order valence-electron chi connectivity index (χ0n) is 13.7. The van der Waals surface area contributed by atoms with Crippen molar-refractivity contribution >= 4 is 27.7 Å². The lowest BCUT2D eigenvalue weighted by atomic mass is 10.1. The summed E-state index contributed by atoms with van der Waals surface area (Å²) in [6.45, 7) is 5.56. The van der Waals surface area contributed by atoms with Crippen LogP contribution in [0.4, 0.5) is 5.82 Å². The number of aromatic amines is 1. The number of halogens is 1. The van der Waals surface area contributed by atoms with E-state index >= 15 is 0 Å². The number of H-pyrrole nitrogens is 1. The third kappa shape index (κ3) is 3.88. The van der Waals surface area contributed by atoms with Crippen LogP contribution >= 0.6 is 15.9 Å². The Hall–Kier alpha value is -2.26. The Morgan fingerprint density at radius 3 is 2.68 bits per heavy atom. The van der Waals surface area contributed by atoms with E-state index in [0.29, 0.717) is 13.1 Å². The number of hydrogen-bond acceptors (Lipinski definition) is 5. The number of nitro groups is 1. The molecule has 3 rings (SSSR count). The summed E-state index contributed by atoms with van der Waals surface area (Å²) in [7, 11) is 0. The van der Waals surface area contributed by atoms with Crippen LogP contribution < -0.4 is 0 Å². The van der Waals surface area contributed by atoms with Gasteiger partial charge in [-0.1, -0.05) is 34.9 Å². The minimum absolute atomic E-state index is 0.0545. The fraction of sp³-hybridized carbons (Fsp3) is 0.375. The number of aryl methyl sites for hydroxylation is 1. The summed E-state index contributed by atoms with van der Waals surface area (Å²) in [6, 6.07) is 8.38. The first kappa shape index (κ1) is 17.6. The maximum atomic E-state index is 12.5. The molecule has 0 bridgehead atoms. The molecule has 1 aromatic heterocycles. The number of nitrogens with zero attached hydrogens (tertiary/aromatic N) is 4. The summed E-state index contributed by atoms with van der Waals surface area (Å²) < 4.78 is 0.102. The van der Waals surface area contributed by atoms with Crippen LogP contribution in [-0.4, -0.2) is 57.0 Å². The van der Waals surface area contributed by atoms with Crippen LogP contribution in [0.5, 0.6) is 0 Å². The lowest BCUT2D eigenvalue weighted by Gasteiger charge is -2.34. The van der Waals surface area contributed by atoms with Crippen molar-refractivity contribution in [2.75, 3.05) is 26.2 Å². The van der Waals surface area contributed by atoms with Crippen molar-refractivity contribution in [1.29, 1.82) is 0 Å². The molecule has 25 heavy (non-hydrogen) atoms. The van der Waals surface area contributed by atoms with E-state index in [0.717, 1.165) is 19.6 Å². The van der Waals surface area contributed by atoms with Gasteiger partial charge >= 0.3 is 5.82 Å². The predicted molar refractivity (Wildman–Crippen MR) is 95.3 cm³/mol. The highest BCUT2D eigenvalue weighted by molar-refractivity contribution is 9.10. The molecule has 9 heteroatoms. The fourth-order valence-corrected chi connectivity index (χ4v) is 3.40. The van der Waals surface area contributed by atoms with E-state index < -0.39 is 4.92 Å². The molecule has 2 aromatic rings. The van der Waals surface area contributed by atoms with Crippen LogP contribution in [0, 0.1) is 17.0 Å². The first-order chi connectivity index (χ1) is 12.0. The van der Waals surface area contributed by atoms with Crippen LogP contribution in [0.25, 0.3) is 0 Å². The first-order valence-electron chi connectivity index (χ1n) is 7.91. The number of rotatable bonds is 4. The molecule has 0 radical (unpaired) electrons. The van der Waals surface area contributed by atoms with Crippen LogP contribution in [0.1, 0.15) is 21.6 Å². The Kier molecular flexibility index (Phi) is 5.14. The maximum Gasteiger partial charge on any atom is 0.357 e. The van der Waals surface area contributed by atoms with E-state index in [4.69, 9.17) is 0 Å². The van der Waals surface area contributed by atoms with Gasteiger partial charge in [0, 0.05) is 32.7 Å². The summed E-state index contributed by atoms with van der Waals surface area (Å²) in [5.74, 6) is -0.604. The molecule has 1 N–H and O–H groups in total. The topological polar surface area (TPSA) is 95.4 Å². The van der Waals surface area contributed by atoms with Gasteiger partial charge in [0.25, 0.3) is 5.91 Å². The molecule has 1 fully saturated rings. The van der Waals surface area contributed by atoms with Gasteiger partial charge < -0.3 is 15.0 Å². The molecule has 1 amide bonds. The Morgan fingerprint density at radius 1 is 1.36 bits per heavy atom. The molecule has 0 spiro atoms. The molecule has 132 valence electrons. The molecule has 8 nitrogen and oxygen atoms in total. The Balaban J connectivity index is 1.60. The maximum absolute atomic E-state index is 12.5. The monoisotopic (exact) mass is 407 g/mol. The van der Waals surface area contributed by atoms with Crippen molar-refractivity contribution in [2.45, 2.75) is 13.5 Å². The number of aromatic nitrogens is 2. The van der Waals surface area contributed by atoms with Gasteiger partial charge in [0.1, 0.15) is 4.47 Å². The number of amides is 1. The Bertz CT molecular complexity index is 799. The molecular formula is C16H18BrN5O3. The standard InChI is InChI=1S/C16H18BrN5O3/c1-11-3-2-4-12(9-11)10-20-5-7-21(8-6-20)16(23)14-13(17)15(19-18-14)22(24)25/h2-4,9H,5-8,10H2,1H3,(H,18,19). The summed E-state index contributed by atoms with van der Waals surface area (Å²) in [5, 5.41) is 16.9. The number of carbonyl (C=O) groups excluding carboxylic acids is 1. The molecule has 1 saturated heterocycles. The van der Waals surface area contributed by atoms with Gasteiger partial charge in [0.2, 0.25) is 0 Å². The molecule has 0 saturated carbocycles. The summed E-state index contributed by atoms with van der Waals surface area (Å²) >= 11 is 3.09. The summed E-state index contributed by atoms with van der Waals surface area (Å²) in [6.07, 6.45) is 0. The van der Waals surface area contributed by atoms with E-state index in [1.165, 1.54) is 11.1 Å². The van der Waals surface area contributed by atoms with Crippen LogP contribution in [0.2, 0.25) is 0 Å². The molecule has 0 aliphatic carbocycles. The fourth-order valence-electron chi connectivity index (χ4n) is 2.91. The van der Waals surface area contributed by atoms with E-state index in [9.17, 15) is 14.9 Å². The van der Waals surface area contributed by atoms with Crippen molar-refractivity contribution in [2.24, 2.45) is 0 Å². The second-order valence-electron chi connectivity index (χ2n) is 6.05. The van der Waals surface area contributed by atoms with E-state index in [1.807, 2.05) is 6.07 Å². The van der Waals surface area contributed by atoms with E-state index in [-0.39, 0.29) is 21.9 Å². The number of piperazine rings is 1. The number of carbonyl (C=O) groups is 1. The Morgan fingerprint density at radius 2 is 2.08 bits per heavy atom. The number of nitrogens with one attached hydrogen (secondary N) is 1. The third-order valence-electron chi connectivity index (χ3n) is 4.22. The van der Waals surface area contributed by atoms with Crippen molar-refractivity contribution in [3.05, 3.63) is 55.7 Å². The lowest BCUT2D eigenvalue weighted by molar-refractivity contribution is -0.390. The molecule has 1 aliphatic rings. The quantitative estimate of drug-likeness (QED) is 0.619. The van der Waals surface area contributed by atoms with Gasteiger partial charge in [0.15, 0.2) is 5.69 Å². The highest BCUT2D eigenvalue weighted by Crippen LogP contribution is 2.26. The third-order valence-corrected chi connectivity index (χ3v) is 4.97. The Labute approximate surface area is 153 Å². The molecular weight excluding hydrogens is 390 g/mol. The van der Waals surface area contributed by atoms with Gasteiger partial charge in [-0.15, -0.1) is 5.10 Å². The van der Waals surface area contributed by atoms with Gasteiger partial charge in [-0.2, -0.15) is 0 Å². The predicted octanol–water partition coefficient (Wildman–Crippen LogP) is 2.35. The van der Waals surface area contributed by atoms with Crippen molar-refractivity contribution < 1.29 is 9.72 Å². The second-order valence-corrected chi connectivity index (χ2v) is 6.84. The van der Waals surface area contributed by atoms with E-state index in [1.54, 1.807) is 4.90 Å². The molecule has 1 aromatic carbocycles. The van der Waals surface area contributed by atoms with Crippen LogP contribution in [0.15, 0.2) is 28.7 Å². The summed E-state index contributed by atoms with van der Waals surface area (Å²) in [4.78, 5) is 26.8. The minimum Gasteiger partial charge on any atom is -0.358 e. The zero-order chi connectivity index (χ0) is 18.0. The minimum atomic E-state index is -0.604. The average Bonchev–Trinajstić information content (AvgIpc) is 2.97. The molecule has 1 aliphatic heterocycles. The summed E-state index contributed by atoms with van der Waals surface area (Å²) in [5.41, 5.74) is 2.54. The van der Waals surface area contributed by atoms with E-state index in [2.05, 4.69) is 56.2 Å². The van der Waals surface area contributed by atoms with Gasteiger partial charge in [-0.25, -0.2) is 0 Å². The second kappa shape index (κ2) is 7.32. The molecule has 2 heterocycles. The van der Waals surface area contributed by atoms with Gasteiger partial charge in [0.05, 0.1) is 0 Å². The average molecular weight is 408 g/mol. The normalized spacial score (nSPS) is 15.4. The van der Waals surface area contributed by atoms with Crippen molar-refractivity contribution in [3.8, 4) is 0 Å². The number of benzene rings is 1.